The predicted molar refractivity (Wildman–Crippen MR) is 88.4 cm³/mol. The van der Waals surface area contributed by atoms with Crippen LogP contribution in [0.2, 0.25) is 0 Å². The van der Waals surface area contributed by atoms with Gasteiger partial charge >= 0.3 is 0 Å². The van der Waals surface area contributed by atoms with Crippen molar-refractivity contribution < 1.29 is 8.42 Å². The fourth-order valence-electron chi connectivity index (χ4n) is 2.78. The van der Waals surface area contributed by atoms with Crippen LogP contribution in [0.25, 0.3) is 0 Å². The van der Waals surface area contributed by atoms with Crippen molar-refractivity contribution in [3.8, 4) is 0 Å². The van der Waals surface area contributed by atoms with E-state index in [0.29, 0.717) is 37.5 Å². The standard InChI is InChI=1S/C15H33N3O2S/c1-13(2)15-7-11-18(12-8-15)21(19,20)17(5)10-6-9-16-14(3)4/h13-16H,6-12H2,1-5H3. The summed E-state index contributed by atoms with van der Waals surface area (Å²) in [6, 6.07) is 0.446. The van der Waals surface area contributed by atoms with Crippen LogP contribution >= 0.6 is 0 Å². The van der Waals surface area contributed by atoms with E-state index in [4.69, 9.17) is 0 Å². The van der Waals surface area contributed by atoms with E-state index in [1.165, 1.54) is 4.31 Å². The maximum atomic E-state index is 12.5. The van der Waals surface area contributed by atoms with Crippen LogP contribution < -0.4 is 5.32 Å². The first-order valence-electron chi connectivity index (χ1n) is 8.20. The molecule has 0 bridgehead atoms. The number of rotatable bonds is 8. The van der Waals surface area contributed by atoms with Crippen LogP contribution in [0.1, 0.15) is 47.0 Å². The Hall–Kier alpha value is -0.170. The van der Waals surface area contributed by atoms with E-state index in [1.807, 2.05) is 0 Å². The van der Waals surface area contributed by atoms with Gasteiger partial charge in [-0.2, -0.15) is 17.0 Å². The molecule has 0 unspecified atom stereocenters. The Bertz CT molecular complexity index is 388. The zero-order valence-corrected chi connectivity index (χ0v) is 15.1. The van der Waals surface area contributed by atoms with Gasteiger partial charge in [-0.3, -0.25) is 0 Å². The van der Waals surface area contributed by atoms with Gasteiger partial charge in [-0.1, -0.05) is 27.7 Å². The van der Waals surface area contributed by atoms with E-state index >= 15 is 0 Å². The van der Waals surface area contributed by atoms with Crippen molar-refractivity contribution in [3.63, 3.8) is 0 Å². The highest BCUT2D eigenvalue weighted by Crippen LogP contribution is 2.26. The van der Waals surface area contributed by atoms with Gasteiger partial charge in [-0.25, -0.2) is 0 Å². The summed E-state index contributed by atoms with van der Waals surface area (Å²) in [5.74, 6) is 1.31. The number of nitrogens with one attached hydrogen (secondary N) is 1. The van der Waals surface area contributed by atoms with E-state index in [2.05, 4.69) is 33.0 Å². The smallest absolute Gasteiger partial charge is 0.281 e. The summed E-state index contributed by atoms with van der Waals surface area (Å²) < 4.78 is 28.2. The Morgan fingerprint density at radius 2 is 1.76 bits per heavy atom. The third-order valence-corrected chi connectivity index (χ3v) is 6.35. The lowest BCUT2D eigenvalue weighted by Gasteiger charge is -2.35. The van der Waals surface area contributed by atoms with Crippen LogP contribution in [0.15, 0.2) is 0 Å². The highest BCUT2D eigenvalue weighted by atomic mass is 32.2. The minimum atomic E-state index is -3.27. The van der Waals surface area contributed by atoms with Crippen molar-refractivity contribution in [2.45, 2.75) is 53.0 Å². The van der Waals surface area contributed by atoms with Gasteiger partial charge in [0, 0.05) is 32.7 Å². The summed E-state index contributed by atoms with van der Waals surface area (Å²) in [7, 11) is -1.58. The van der Waals surface area contributed by atoms with Crippen LogP contribution in [0.5, 0.6) is 0 Å². The van der Waals surface area contributed by atoms with Gasteiger partial charge in [-0.05, 0) is 37.6 Å². The van der Waals surface area contributed by atoms with Gasteiger partial charge in [0.25, 0.3) is 10.2 Å². The second-order valence-corrected chi connectivity index (χ2v) is 8.81. The molecule has 0 spiro atoms. The maximum absolute atomic E-state index is 12.5. The third-order valence-electron chi connectivity index (χ3n) is 4.36. The monoisotopic (exact) mass is 319 g/mol. The van der Waals surface area contributed by atoms with Crippen LogP contribution in [0, 0.1) is 11.8 Å². The first-order valence-corrected chi connectivity index (χ1v) is 9.59. The van der Waals surface area contributed by atoms with Crippen molar-refractivity contribution in [3.05, 3.63) is 0 Å². The molecule has 1 aliphatic heterocycles. The van der Waals surface area contributed by atoms with E-state index < -0.39 is 10.2 Å². The highest BCUT2D eigenvalue weighted by molar-refractivity contribution is 7.86. The topological polar surface area (TPSA) is 52.7 Å². The molecule has 0 aromatic carbocycles. The van der Waals surface area contributed by atoms with E-state index in [0.717, 1.165) is 25.8 Å². The number of nitrogens with zero attached hydrogens (tertiary/aromatic N) is 2. The normalized spacial score (nSPS) is 19.0. The molecule has 1 fully saturated rings. The Morgan fingerprint density at radius 3 is 2.24 bits per heavy atom. The molecular weight excluding hydrogens is 286 g/mol. The molecule has 1 N–H and O–H groups in total. The van der Waals surface area contributed by atoms with Crippen LogP contribution in [0.3, 0.4) is 0 Å². The minimum absolute atomic E-state index is 0.446. The van der Waals surface area contributed by atoms with Gasteiger partial charge in [0.2, 0.25) is 0 Å². The summed E-state index contributed by atoms with van der Waals surface area (Å²) in [6.07, 6.45) is 2.82. The first-order chi connectivity index (χ1) is 9.75. The van der Waals surface area contributed by atoms with Crippen LogP contribution in [-0.4, -0.2) is 56.3 Å². The molecule has 5 nitrogen and oxygen atoms in total. The Labute approximate surface area is 131 Å². The molecule has 0 atom stereocenters. The van der Waals surface area contributed by atoms with Crippen LogP contribution in [0.4, 0.5) is 0 Å². The summed E-state index contributed by atoms with van der Waals surface area (Å²) in [6.45, 7) is 11.4. The van der Waals surface area contributed by atoms with Crippen LogP contribution in [-0.2, 0) is 10.2 Å². The molecule has 126 valence electrons. The largest absolute Gasteiger partial charge is 0.314 e. The van der Waals surface area contributed by atoms with Gasteiger partial charge in [0.1, 0.15) is 0 Å². The second-order valence-electron chi connectivity index (χ2n) is 6.77. The quantitative estimate of drug-likeness (QED) is 0.696. The van der Waals surface area contributed by atoms with Gasteiger partial charge < -0.3 is 5.32 Å². The average molecular weight is 320 g/mol. The second kappa shape index (κ2) is 8.46. The number of hydrogen-bond donors (Lipinski definition) is 1. The minimum Gasteiger partial charge on any atom is -0.314 e. The molecule has 0 aliphatic carbocycles. The lowest BCUT2D eigenvalue weighted by Crippen LogP contribution is -2.46. The molecule has 1 saturated heterocycles. The number of hydrogen-bond acceptors (Lipinski definition) is 3. The Kier molecular flexibility index (Phi) is 7.60. The molecule has 1 rings (SSSR count). The van der Waals surface area contributed by atoms with Gasteiger partial charge in [0.15, 0.2) is 0 Å². The molecule has 0 aromatic rings. The van der Waals surface area contributed by atoms with Crippen molar-refractivity contribution in [1.29, 1.82) is 0 Å². The first kappa shape index (κ1) is 18.9. The molecule has 0 amide bonds. The molecular formula is C15H33N3O2S. The molecule has 1 aliphatic rings. The molecule has 0 saturated carbocycles. The zero-order valence-electron chi connectivity index (χ0n) is 14.3. The number of piperidine rings is 1. The van der Waals surface area contributed by atoms with Gasteiger partial charge in [0.05, 0.1) is 0 Å². The van der Waals surface area contributed by atoms with Crippen molar-refractivity contribution in [1.82, 2.24) is 13.9 Å². The summed E-state index contributed by atoms with van der Waals surface area (Å²) in [5.41, 5.74) is 0. The third kappa shape index (κ3) is 5.85. The Balaban J connectivity index is 2.42. The predicted octanol–water partition coefficient (Wildman–Crippen LogP) is 1.92. The molecule has 6 heteroatoms. The molecule has 0 radical (unpaired) electrons. The molecule has 1 heterocycles. The zero-order chi connectivity index (χ0) is 16.0. The van der Waals surface area contributed by atoms with E-state index in [-0.39, 0.29) is 0 Å². The summed E-state index contributed by atoms with van der Waals surface area (Å²) in [4.78, 5) is 0. The van der Waals surface area contributed by atoms with E-state index in [9.17, 15) is 8.42 Å². The molecule has 21 heavy (non-hydrogen) atoms. The Morgan fingerprint density at radius 1 is 1.19 bits per heavy atom. The average Bonchev–Trinajstić information content (AvgIpc) is 2.43. The van der Waals surface area contributed by atoms with Crippen molar-refractivity contribution in [2.24, 2.45) is 11.8 Å². The summed E-state index contributed by atoms with van der Waals surface area (Å²) in [5, 5.41) is 3.31. The summed E-state index contributed by atoms with van der Waals surface area (Å²) >= 11 is 0. The lowest BCUT2D eigenvalue weighted by molar-refractivity contribution is 0.218. The lowest BCUT2D eigenvalue weighted by atomic mass is 9.87. The molecule has 0 aromatic heterocycles. The van der Waals surface area contributed by atoms with E-state index in [1.54, 1.807) is 11.4 Å². The maximum Gasteiger partial charge on any atom is 0.281 e. The SMILES string of the molecule is CC(C)NCCCN(C)S(=O)(=O)N1CCC(C(C)C)CC1. The van der Waals surface area contributed by atoms with Gasteiger partial charge in [-0.15, -0.1) is 0 Å². The highest BCUT2D eigenvalue weighted by Gasteiger charge is 2.31. The van der Waals surface area contributed by atoms with Crippen molar-refractivity contribution in [2.75, 3.05) is 33.2 Å². The fraction of sp³-hybridized carbons (Fsp3) is 1.00. The fourth-order valence-corrected chi connectivity index (χ4v) is 4.20. The van der Waals surface area contributed by atoms with Crippen molar-refractivity contribution >= 4 is 10.2 Å².